The lowest BCUT2D eigenvalue weighted by atomic mass is 10.1. The number of hydrogen-bond acceptors (Lipinski definition) is 5. The number of hydroxylamine groups is 2. The van der Waals surface area contributed by atoms with Crippen LogP contribution in [0.25, 0.3) is 0 Å². The average molecular weight is 245 g/mol. The highest BCUT2D eigenvalue weighted by molar-refractivity contribution is 5.75. The third kappa shape index (κ3) is 3.15. The Bertz CT molecular complexity index is 309. The largest absolute Gasteiger partial charge is 0.784 e. The van der Waals surface area contributed by atoms with Crippen molar-refractivity contribution in [2.75, 3.05) is 6.67 Å². The molecule has 7 nitrogen and oxygen atoms in total. The molecule has 7 heteroatoms. The number of carboxylic acid groups (broad SMARTS) is 2. The summed E-state index contributed by atoms with van der Waals surface area (Å²) in [6.07, 6.45) is -0.205. The maximum absolute atomic E-state index is 11.4. The third-order valence-electron chi connectivity index (χ3n) is 3.30. The summed E-state index contributed by atoms with van der Waals surface area (Å²) in [5, 5.41) is 29.9. The summed E-state index contributed by atoms with van der Waals surface area (Å²) in [6.45, 7) is 3.52. The van der Waals surface area contributed by atoms with Crippen LogP contribution in [-0.2, 0) is 9.59 Å². The Hall–Kier alpha value is -1.18. The highest BCUT2D eigenvalue weighted by Gasteiger charge is 2.37. The Morgan fingerprint density at radius 2 is 1.94 bits per heavy atom. The molecule has 0 aliphatic carbocycles. The lowest BCUT2D eigenvalue weighted by Crippen LogP contribution is -2.45. The van der Waals surface area contributed by atoms with Crippen LogP contribution < -0.4 is 0 Å². The Morgan fingerprint density at radius 3 is 2.29 bits per heavy atom. The van der Waals surface area contributed by atoms with E-state index >= 15 is 0 Å². The van der Waals surface area contributed by atoms with Crippen molar-refractivity contribution in [3.8, 4) is 0 Å². The van der Waals surface area contributed by atoms with Gasteiger partial charge in [-0.25, -0.2) is 0 Å². The molecule has 0 bridgehead atoms. The number of aliphatic carboxylic acids is 2. The molecule has 0 aromatic carbocycles. The van der Waals surface area contributed by atoms with Gasteiger partial charge in [0.15, 0.2) is 0 Å². The molecule has 0 aromatic rings. The minimum Gasteiger partial charge on any atom is -0.784 e. The first-order chi connectivity index (χ1) is 7.84. The zero-order valence-electron chi connectivity index (χ0n) is 9.87. The second-order valence-electron chi connectivity index (χ2n) is 4.34. The van der Waals surface area contributed by atoms with Crippen molar-refractivity contribution < 1.29 is 19.8 Å². The van der Waals surface area contributed by atoms with Crippen LogP contribution in [0.4, 0.5) is 0 Å². The Labute approximate surface area is 99.2 Å². The van der Waals surface area contributed by atoms with Crippen molar-refractivity contribution in [1.29, 1.82) is 0 Å². The van der Waals surface area contributed by atoms with Gasteiger partial charge in [-0.05, 0) is 20.3 Å². The maximum atomic E-state index is 11.4. The van der Waals surface area contributed by atoms with Crippen molar-refractivity contribution in [1.82, 2.24) is 9.96 Å². The zero-order valence-corrected chi connectivity index (χ0v) is 9.87. The van der Waals surface area contributed by atoms with E-state index < -0.39 is 18.0 Å². The Balaban J connectivity index is 2.71. The van der Waals surface area contributed by atoms with Gasteiger partial charge in [0.05, 0.1) is 0 Å². The fraction of sp³-hybridized carbons (Fsp3) is 0.800. The molecule has 1 aliphatic heterocycles. The summed E-state index contributed by atoms with van der Waals surface area (Å²) < 4.78 is 0. The highest BCUT2D eigenvalue weighted by atomic mass is 16.5. The molecule has 0 amide bonds. The molecule has 0 radical (unpaired) electrons. The van der Waals surface area contributed by atoms with Gasteiger partial charge in [0.2, 0.25) is 0 Å². The topological polar surface area (TPSA) is 104 Å². The zero-order chi connectivity index (χ0) is 13.2. The molecule has 0 spiro atoms. The van der Waals surface area contributed by atoms with Crippen molar-refractivity contribution in [3.63, 3.8) is 0 Å². The minimum absolute atomic E-state index is 0.00949. The first-order valence-electron chi connectivity index (χ1n) is 5.48. The number of hydrogen-bond donors (Lipinski definition) is 2. The van der Waals surface area contributed by atoms with Crippen LogP contribution in [0.1, 0.15) is 26.7 Å². The molecule has 0 saturated carbocycles. The van der Waals surface area contributed by atoms with E-state index in [2.05, 4.69) is 0 Å². The summed E-state index contributed by atoms with van der Waals surface area (Å²) in [5.74, 6) is -2.12. The first-order valence-corrected chi connectivity index (χ1v) is 5.48. The smallest absolute Gasteiger partial charge is 0.320 e. The quantitative estimate of drug-likeness (QED) is 0.710. The summed E-state index contributed by atoms with van der Waals surface area (Å²) in [6, 6.07) is -1.38. The predicted octanol–water partition coefficient (Wildman–Crippen LogP) is 0.154. The van der Waals surface area contributed by atoms with E-state index in [9.17, 15) is 14.8 Å². The molecule has 2 unspecified atom stereocenters. The predicted molar refractivity (Wildman–Crippen MR) is 59.1 cm³/mol. The van der Waals surface area contributed by atoms with E-state index in [-0.39, 0.29) is 31.6 Å². The van der Waals surface area contributed by atoms with E-state index in [1.165, 1.54) is 0 Å². The van der Waals surface area contributed by atoms with Gasteiger partial charge in [-0.2, -0.15) is 0 Å². The van der Waals surface area contributed by atoms with E-state index in [0.29, 0.717) is 0 Å². The van der Waals surface area contributed by atoms with Crippen LogP contribution in [0.5, 0.6) is 0 Å². The summed E-state index contributed by atoms with van der Waals surface area (Å²) in [7, 11) is 0. The van der Waals surface area contributed by atoms with Crippen molar-refractivity contribution in [3.05, 3.63) is 5.21 Å². The molecule has 1 fully saturated rings. The monoisotopic (exact) mass is 245 g/mol. The van der Waals surface area contributed by atoms with Crippen molar-refractivity contribution >= 4 is 11.9 Å². The molecular formula is C10H17N2O5-. The molecule has 1 heterocycles. The van der Waals surface area contributed by atoms with Gasteiger partial charge in [0, 0.05) is 25.2 Å². The van der Waals surface area contributed by atoms with Gasteiger partial charge in [-0.1, -0.05) is 0 Å². The fourth-order valence-corrected chi connectivity index (χ4v) is 2.01. The second kappa shape index (κ2) is 5.44. The Kier molecular flexibility index (Phi) is 4.44. The number of nitrogens with zero attached hydrogens (tertiary/aromatic N) is 2. The van der Waals surface area contributed by atoms with Crippen molar-refractivity contribution in [2.45, 2.75) is 44.8 Å². The van der Waals surface area contributed by atoms with E-state index in [1.54, 1.807) is 18.7 Å². The molecule has 17 heavy (non-hydrogen) atoms. The lowest BCUT2D eigenvalue weighted by molar-refractivity contribution is -0.145. The SMILES string of the molecule is CC1C(C)N([C@@H](CCC(=O)O)C(=O)O)CN1[O-]. The van der Waals surface area contributed by atoms with E-state index in [4.69, 9.17) is 10.2 Å². The first kappa shape index (κ1) is 13.9. The second-order valence-corrected chi connectivity index (χ2v) is 4.34. The number of carboxylic acids is 2. The van der Waals surface area contributed by atoms with Crippen LogP contribution in [-0.4, -0.2) is 56.9 Å². The average Bonchev–Trinajstić information content (AvgIpc) is 2.46. The van der Waals surface area contributed by atoms with Crippen LogP contribution in [0.15, 0.2) is 0 Å². The molecule has 98 valence electrons. The third-order valence-corrected chi connectivity index (χ3v) is 3.30. The number of carbonyl (C=O) groups is 2. The van der Waals surface area contributed by atoms with Gasteiger partial charge >= 0.3 is 11.9 Å². The number of rotatable bonds is 5. The summed E-state index contributed by atoms with van der Waals surface area (Å²) in [5.41, 5.74) is 0. The molecule has 1 rings (SSSR count). The van der Waals surface area contributed by atoms with Gasteiger partial charge < -0.3 is 20.5 Å². The normalized spacial score (nSPS) is 28.2. The Morgan fingerprint density at radius 1 is 1.35 bits per heavy atom. The molecular weight excluding hydrogens is 228 g/mol. The minimum atomic E-state index is -1.08. The fourth-order valence-electron chi connectivity index (χ4n) is 2.01. The van der Waals surface area contributed by atoms with Crippen LogP contribution in [0.2, 0.25) is 0 Å². The standard InChI is InChI=1S/C10H17N2O5/c1-6-7(2)12(17)5-11(6)8(10(15)16)3-4-9(13)14/h6-8H,3-5H2,1-2H3,(H,13,14)(H,15,16)/q-1/t6?,7?,8-/m0/s1. The van der Waals surface area contributed by atoms with Crippen LogP contribution >= 0.6 is 0 Å². The molecule has 1 saturated heterocycles. The molecule has 0 aromatic heterocycles. The lowest BCUT2D eigenvalue weighted by Gasteiger charge is -2.28. The van der Waals surface area contributed by atoms with Gasteiger partial charge in [-0.15, -0.1) is 0 Å². The van der Waals surface area contributed by atoms with E-state index in [0.717, 1.165) is 5.06 Å². The van der Waals surface area contributed by atoms with Gasteiger partial charge in [0.25, 0.3) is 0 Å². The highest BCUT2D eigenvalue weighted by Crippen LogP contribution is 2.23. The van der Waals surface area contributed by atoms with Crippen LogP contribution in [0, 0.1) is 5.21 Å². The van der Waals surface area contributed by atoms with E-state index in [1.807, 2.05) is 0 Å². The van der Waals surface area contributed by atoms with Gasteiger partial charge in [-0.3, -0.25) is 14.5 Å². The van der Waals surface area contributed by atoms with Gasteiger partial charge in [0.1, 0.15) is 6.04 Å². The molecule has 2 N–H and O–H groups in total. The van der Waals surface area contributed by atoms with Crippen molar-refractivity contribution in [2.24, 2.45) is 0 Å². The van der Waals surface area contributed by atoms with Crippen LogP contribution in [0.3, 0.4) is 0 Å². The molecule has 3 atom stereocenters. The maximum Gasteiger partial charge on any atom is 0.320 e. The molecule has 1 aliphatic rings. The summed E-state index contributed by atoms with van der Waals surface area (Å²) >= 11 is 0. The summed E-state index contributed by atoms with van der Waals surface area (Å²) in [4.78, 5) is 23.1.